The minimum atomic E-state index is -0.362. The van der Waals surface area contributed by atoms with E-state index in [4.69, 9.17) is 0 Å². The number of hydrogen-bond acceptors (Lipinski definition) is 5. The maximum Gasteiger partial charge on any atom is 0.143 e. The molecule has 0 radical (unpaired) electrons. The molecule has 0 saturated heterocycles. The molecule has 0 fully saturated rings. The molecular formula is C22H37I2N3O2. The molecular weight excluding hydrogens is 592 g/mol. The second-order valence-corrected chi connectivity index (χ2v) is 10.5. The van der Waals surface area contributed by atoms with Gasteiger partial charge in [0.05, 0.1) is 18.0 Å². The average molecular weight is 629 g/mol. The Hall–Kier alpha value is 0.160. The Balaban J connectivity index is 2.35. The third kappa shape index (κ3) is 7.36. The molecule has 5 nitrogen and oxygen atoms in total. The fourth-order valence-electron chi connectivity index (χ4n) is 4.25. The summed E-state index contributed by atoms with van der Waals surface area (Å²) in [6.07, 6.45) is 5.85. The average Bonchev–Trinajstić information content (AvgIpc) is 2.70. The fourth-order valence-corrected chi connectivity index (χ4v) is 5.10. The Morgan fingerprint density at radius 3 is 2.72 bits per heavy atom. The number of aliphatic hydroxyl groups excluding tert-OH is 1. The summed E-state index contributed by atoms with van der Waals surface area (Å²) in [5.41, 5.74) is 3.05. The Kier molecular flexibility index (Phi) is 11.3. The van der Waals surface area contributed by atoms with E-state index in [2.05, 4.69) is 85.2 Å². The lowest BCUT2D eigenvalue weighted by molar-refractivity contribution is 0.134. The molecule has 1 aliphatic rings. The molecule has 0 spiro atoms. The van der Waals surface area contributed by atoms with Gasteiger partial charge in [-0.2, -0.15) is 0 Å². The molecule has 2 rings (SSSR count). The summed E-state index contributed by atoms with van der Waals surface area (Å²) in [6.45, 7) is 8.17. The normalized spacial score (nSPS) is 18.0. The van der Waals surface area contributed by atoms with Crippen LogP contribution in [0.25, 0.3) is 0 Å². The number of phenolic OH excluding ortho intramolecular Hbond substituents is 1. The zero-order valence-electron chi connectivity index (χ0n) is 17.9. The van der Waals surface area contributed by atoms with Crippen molar-refractivity contribution in [1.82, 2.24) is 8.43 Å². The highest BCUT2D eigenvalue weighted by Crippen LogP contribution is 2.41. The van der Waals surface area contributed by atoms with Crippen molar-refractivity contribution < 1.29 is 10.2 Å². The highest BCUT2D eigenvalue weighted by Gasteiger charge is 2.30. The van der Waals surface area contributed by atoms with Crippen LogP contribution in [0.15, 0.2) is 12.1 Å². The summed E-state index contributed by atoms with van der Waals surface area (Å²) >= 11 is 4.82. The number of anilines is 1. The van der Waals surface area contributed by atoms with Crippen LogP contribution in [0.3, 0.4) is 0 Å². The molecule has 7 heteroatoms. The van der Waals surface area contributed by atoms with Crippen molar-refractivity contribution in [3.63, 3.8) is 0 Å². The van der Waals surface area contributed by atoms with Crippen LogP contribution in [0.1, 0.15) is 70.0 Å². The topological polar surface area (TPSA) is 67.8 Å². The van der Waals surface area contributed by atoms with Crippen LogP contribution in [0, 0.1) is 5.92 Å². The molecule has 4 N–H and O–H groups in total. The van der Waals surface area contributed by atoms with E-state index < -0.39 is 0 Å². The van der Waals surface area contributed by atoms with Crippen molar-refractivity contribution in [2.75, 3.05) is 22.8 Å². The minimum absolute atomic E-state index is 0.00885. The van der Waals surface area contributed by atoms with E-state index in [-0.39, 0.29) is 24.2 Å². The fraction of sp³-hybridized carbons (Fsp3) is 0.727. The molecule has 166 valence electrons. The van der Waals surface area contributed by atoms with Crippen molar-refractivity contribution in [3.05, 3.63) is 23.3 Å². The lowest BCUT2D eigenvalue weighted by Crippen LogP contribution is -2.43. The highest BCUT2D eigenvalue weighted by molar-refractivity contribution is 14.1. The van der Waals surface area contributed by atoms with Crippen molar-refractivity contribution in [2.45, 2.75) is 77.6 Å². The van der Waals surface area contributed by atoms with Gasteiger partial charge < -0.3 is 15.5 Å². The zero-order valence-corrected chi connectivity index (χ0v) is 22.2. The molecule has 1 aromatic rings. The SMILES string of the molecule is CCCC(CC(C)O)C(NC(C)N(I)CCCI)c1ccc2c(c1O)NCCC2. The van der Waals surface area contributed by atoms with E-state index in [1.165, 1.54) is 5.56 Å². The van der Waals surface area contributed by atoms with Gasteiger partial charge in [0.15, 0.2) is 0 Å². The number of alkyl halides is 1. The van der Waals surface area contributed by atoms with E-state index in [0.29, 0.717) is 5.75 Å². The number of aliphatic hydroxyl groups is 1. The molecule has 0 aromatic heterocycles. The third-order valence-electron chi connectivity index (χ3n) is 5.68. The zero-order chi connectivity index (χ0) is 21.4. The first-order valence-corrected chi connectivity index (χ1v) is 13.4. The van der Waals surface area contributed by atoms with Gasteiger partial charge in [0.2, 0.25) is 0 Å². The molecule has 0 saturated carbocycles. The molecule has 4 atom stereocenters. The smallest absolute Gasteiger partial charge is 0.143 e. The number of benzene rings is 1. The van der Waals surface area contributed by atoms with Gasteiger partial charge in [0.25, 0.3) is 0 Å². The quantitative estimate of drug-likeness (QED) is 0.0822. The maximum absolute atomic E-state index is 11.2. The van der Waals surface area contributed by atoms with Crippen LogP contribution in [0.4, 0.5) is 5.69 Å². The van der Waals surface area contributed by atoms with E-state index in [1.807, 2.05) is 6.92 Å². The first kappa shape index (κ1) is 25.4. The molecule has 0 bridgehead atoms. The predicted octanol–water partition coefficient (Wildman–Crippen LogP) is 5.39. The number of aromatic hydroxyl groups is 1. The summed E-state index contributed by atoms with van der Waals surface area (Å²) < 4.78 is 3.45. The van der Waals surface area contributed by atoms with Gasteiger partial charge in [0, 0.05) is 52.0 Å². The summed E-state index contributed by atoms with van der Waals surface area (Å²) in [5.74, 6) is 0.634. The number of nitrogens with one attached hydrogen (secondary N) is 2. The number of nitrogens with zero attached hydrogens (tertiary/aromatic N) is 1. The number of halogens is 2. The molecule has 0 amide bonds. The second kappa shape index (κ2) is 12.9. The number of rotatable bonds is 12. The molecule has 1 heterocycles. The lowest BCUT2D eigenvalue weighted by Gasteiger charge is -2.35. The van der Waals surface area contributed by atoms with Gasteiger partial charge in [-0.1, -0.05) is 48.1 Å². The van der Waals surface area contributed by atoms with Crippen LogP contribution in [0.2, 0.25) is 0 Å². The van der Waals surface area contributed by atoms with Crippen molar-refractivity contribution in [2.24, 2.45) is 5.92 Å². The van der Waals surface area contributed by atoms with Crippen LogP contribution >= 0.6 is 45.5 Å². The summed E-state index contributed by atoms with van der Waals surface area (Å²) in [4.78, 5) is 0. The van der Waals surface area contributed by atoms with Crippen molar-refractivity contribution in [1.29, 1.82) is 0 Å². The molecule has 1 aliphatic heterocycles. The van der Waals surface area contributed by atoms with Crippen molar-refractivity contribution >= 4 is 51.1 Å². The van der Waals surface area contributed by atoms with Gasteiger partial charge in [0.1, 0.15) is 5.75 Å². The minimum Gasteiger partial charge on any atom is -0.505 e. The molecule has 1 aromatic carbocycles. The monoisotopic (exact) mass is 629 g/mol. The van der Waals surface area contributed by atoms with Crippen LogP contribution in [-0.4, -0.2) is 43.1 Å². The van der Waals surface area contributed by atoms with Crippen LogP contribution in [0.5, 0.6) is 5.75 Å². The third-order valence-corrected chi connectivity index (χ3v) is 7.76. The number of hydrogen-bond donors (Lipinski definition) is 4. The summed E-state index contributed by atoms with van der Waals surface area (Å²) in [5, 5.41) is 28.5. The summed E-state index contributed by atoms with van der Waals surface area (Å²) in [6, 6.07) is 4.25. The Labute approximate surface area is 204 Å². The maximum atomic E-state index is 11.2. The number of phenols is 1. The second-order valence-electron chi connectivity index (χ2n) is 8.19. The van der Waals surface area contributed by atoms with Crippen molar-refractivity contribution in [3.8, 4) is 5.75 Å². The first-order valence-electron chi connectivity index (χ1n) is 10.9. The predicted molar refractivity (Wildman–Crippen MR) is 139 cm³/mol. The highest BCUT2D eigenvalue weighted by atomic mass is 127. The Morgan fingerprint density at radius 2 is 2.07 bits per heavy atom. The number of fused-ring (bicyclic) bond motifs is 1. The number of aryl methyl sites for hydroxylation is 1. The Bertz CT molecular complexity index is 630. The molecule has 4 unspecified atom stereocenters. The molecule has 0 aliphatic carbocycles. The molecule has 29 heavy (non-hydrogen) atoms. The summed E-state index contributed by atoms with van der Waals surface area (Å²) in [7, 11) is 0. The van der Waals surface area contributed by atoms with E-state index >= 15 is 0 Å². The van der Waals surface area contributed by atoms with E-state index in [0.717, 1.165) is 67.3 Å². The Morgan fingerprint density at radius 1 is 1.31 bits per heavy atom. The van der Waals surface area contributed by atoms with E-state index in [1.54, 1.807) is 0 Å². The van der Waals surface area contributed by atoms with E-state index in [9.17, 15) is 10.2 Å². The first-order chi connectivity index (χ1) is 13.9. The lowest BCUT2D eigenvalue weighted by atomic mass is 9.83. The van der Waals surface area contributed by atoms with Gasteiger partial charge in [-0.05, 0) is 57.4 Å². The largest absolute Gasteiger partial charge is 0.505 e. The van der Waals surface area contributed by atoms with Crippen LogP contribution in [-0.2, 0) is 6.42 Å². The van der Waals surface area contributed by atoms with Gasteiger partial charge in [-0.3, -0.25) is 5.32 Å². The van der Waals surface area contributed by atoms with Gasteiger partial charge >= 0.3 is 0 Å². The van der Waals surface area contributed by atoms with Crippen LogP contribution < -0.4 is 10.6 Å². The standard InChI is InChI=1S/C22H37I2N3O2/c1-4-7-18(14-15(2)28)20(26-16(3)27(24)13-6-11-23)19-10-9-17-8-5-12-25-21(17)22(19)29/h9-10,15-16,18,20,25-26,28-29H,4-8,11-14H2,1-3H3. The van der Waals surface area contributed by atoms with Gasteiger partial charge in [-0.15, -0.1) is 0 Å². The van der Waals surface area contributed by atoms with Gasteiger partial charge in [-0.25, -0.2) is 3.11 Å².